The minimum atomic E-state index is 0.0200. The van der Waals surface area contributed by atoms with Crippen LogP contribution < -0.4 is 0 Å². The SMILES string of the molecule is CCCCCCCCCCCCCCCCC1CCCC(=O)O1. The van der Waals surface area contributed by atoms with E-state index in [0.29, 0.717) is 6.42 Å². The predicted molar refractivity (Wildman–Crippen MR) is 98.7 cm³/mol. The van der Waals surface area contributed by atoms with E-state index in [0.717, 1.165) is 19.3 Å². The molecule has 0 N–H and O–H groups in total. The number of carbonyl (C=O) groups is 1. The molecule has 0 aromatic heterocycles. The molecule has 1 atom stereocenters. The molecular formula is C21H40O2. The first kappa shape index (κ1) is 20.5. The lowest BCUT2D eigenvalue weighted by Crippen LogP contribution is -2.23. The van der Waals surface area contributed by atoms with Gasteiger partial charge in [0.15, 0.2) is 0 Å². The van der Waals surface area contributed by atoms with Crippen molar-refractivity contribution >= 4 is 5.97 Å². The van der Waals surface area contributed by atoms with Crippen LogP contribution >= 0.6 is 0 Å². The molecule has 0 bridgehead atoms. The van der Waals surface area contributed by atoms with Gasteiger partial charge >= 0.3 is 5.97 Å². The van der Waals surface area contributed by atoms with E-state index in [-0.39, 0.29) is 12.1 Å². The van der Waals surface area contributed by atoms with Crippen molar-refractivity contribution in [3.8, 4) is 0 Å². The number of rotatable bonds is 15. The summed E-state index contributed by atoms with van der Waals surface area (Å²) in [4.78, 5) is 11.2. The maximum atomic E-state index is 11.2. The Morgan fingerprint density at radius 2 is 1.26 bits per heavy atom. The van der Waals surface area contributed by atoms with E-state index in [1.54, 1.807) is 0 Å². The van der Waals surface area contributed by atoms with E-state index in [1.807, 2.05) is 0 Å². The summed E-state index contributed by atoms with van der Waals surface area (Å²) in [5.41, 5.74) is 0. The quantitative estimate of drug-likeness (QED) is 0.240. The van der Waals surface area contributed by atoms with Gasteiger partial charge in [-0.05, 0) is 25.7 Å². The fourth-order valence-corrected chi connectivity index (χ4v) is 3.55. The molecule has 0 saturated carbocycles. The lowest BCUT2D eigenvalue weighted by Gasteiger charge is -2.21. The number of hydrogen-bond donors (Lipinski definition) is 0. The second-order valence-electron chi connectivity index (χ2n) is 7.39. The molecule has 0 amide bonds. The van der Waals surface area contributed by atoms with Gasteiger partial charge in [-0.15, -0.1) is 0 Å². The first-order valence-electron chi connectivity index (χ1n) is 10.5. The minimum absolute atomic E-state index is 0.0200. The highest BCUT2D eigenvalue weighted by molar-refractivity contribution is 5.70. The van der Waals surface area contributed by atoms with E-state index in [2.05, 4.69) is 6.92 Å². The van der Waals surface area contributed by atoms with Crippen molar-refractivity contribution in [2.24, 2.45) is 0 Å². The van der Waals surface area contributed by atoms with Crippen LogP contribution in [0, 0.1) is 0 Å². The van der Waals surface area contributed by atoms with Crippen molar-refractivity contribution < 1.29 is 9.53 Å². The molecule has 0 aromatic rings. The molecule has 0 radical (unpaired) electrons. The molecule has 2 heteroatoms. The highest BCUT2D eigenvalue weighted by Gasteiger charge is 2.19. The van der Waals surface area contributed by atoms with Gasteiger partial charge in [-0.3, -0.25) is 4.79 Å². The van der Waals surface area contributed by atoms with E-state index in [9.17, 15) is 4.79 Å². The molecule has 1 heterocycles. The Kier molecular flexibility index (Phi) is 13.4. The van der Waals surface area contributed by atoms with Crippen molar-refractivity contribution in [2.45, 2.75) is 129 Å². The number of hydrogen-bond acceptors (Lipinski definition) is 2. The number of esters is 1. The minimum Gasteiger partial charge on any atom is -0.462 e. The normalized spacial score (nSPS) is 18.1. The van der Waals surface area contributed by atoms with Gasteiger partial charge in [0.25, 0.3) is 0 Å². The Hall–Kier alpha value is -0.530. The molecule has 136 valence electrons. The van der Waals surface area contributed by atoms with E-state index in [1.165, 1.54) is 89.9 Å². The Balaban J connectivity index is 1.72. The topological polar surface area (TPSA) is 26.3 Å². The fraction of sp³-hybridized carbons (Fsp3) is 0.952. The van der Waals surface area contributed by atoms with Gasteiger partial charge < -0.3 is 4.74 Å². The third-order valence-electron chi connectivity index (χ3n) is 5.08. The maximum Gasteiger partial charge on any atom is 0.306 e. The monoisotopic (exact) mass is 324 g/mol. The Labute approximate surface area is 144 Å². The average molecular weight is 325 g/mol. The molecule has 23 heavy (non-hydrogen) atoms. The number of carbonyl (C=O) groups excluding carboxylic acids is 1. The largest absolute Gasteiger partial charge is 0.462 e. The molecule has 1 unspecified atom stereocenters. The summed E-state index contributed by atoms with van der Waals surface area (Å²) in [7, 11) is 0. The second kappa shape index (κ2) is 15.0. The van der Waals surface area contributed by atoms with E-state index in [4.69, 9.17) is 4.74 Å². The molecule has 1 fully saturated rings. The maximum absolute atomic E-state index is 11.2. The van der Waals surface area contributed by atoms with Crippen LogP contribution in [0.4, 0.5) is 0 Å². The highest BCUT2D eigenvalue weighted by atomic mass is 16.5. The summed E-state index contributed by atoms with van der Waals surface area (Å²) < 4.78 is 5.36. The van der Waals surface area contributed by atoms with Crippen LogP contribution in [0.2, 0.25) is 0 Å². The van der Waals surface area contributed by atoms with Crippen LogP contribution in [0.25, 0.3) is 0 Å². The average Bonchev–Trinajstić information content (AvgIpc) is 2.55. The fourth-order valence-electron chi connectivity index (χ4n) is 3.55. The van der Waals surface area contributed by atoms with Crippen molar-refractivity contribution in [3.63, 3.8) is 0 Å². The second-order valence-corrected chi connectivity index (χ2v) is 7.39. The van der Waals surface area contributed by atoms with Gasteiger partial charge in [-0.1, -0.05) is 90.4 Å². The Morgan fingerprint density at radius 3 is 1.74 bits per heavy atom. The van der Waals surface area contributed by atoms with Gasteiger partial charge in [0, 0.05) is 6.42 Å². The van der Waals surface area contributed by atoms with Gasteiger partial charge in [-0.2, -0.15) is 0 Å². The lowest BCUT2D eigenvalue weighted by molar-refractivity contribution is -0.154. The molecule has 0 aliphatic carbocycles. The van der Waals surface area contributed by atoms with Crippen LogP contribution in [0.1, 0.15) is 122 Å². The number of cyclic esters (lactones) is 1. The smallest absolute Gasteiger partial charge is 0.306 e. The molecule has 2 nitrogen and oxygen atoms in total. The summed E-state index contributed by atoms with van der Waals surface area (Å²) in [6.07, 6.45) is 23.6. The van der Waals surface area contributed by atoms with Crippen molar-refractivity contribution in [1.82, 2.24) is 0 Å². The van der Waals surface area contributed by atoms with E-state index >= 15 is 0 Å². The van der Waals surface area contributed by atoms with Gasteiger partial charge in [-0.25, -0.2) is 0 Å². The Bertz CT molecular complexity index is 275. The third kappa shape index (κ3) is 12.5. The summed E-state index contributed by atoms with van der Waals surface area (Å²) in [6, 6.07) is 0. The van der Waals surface area contributed by atoms with Crippen LogP contribution in [-0.4, -0.2) is 12.1 Å². The molecule has 1 saturated heterocycles. The standard InChI is InChI=1S/C21H40O2/c1-2-3-4-5-6-7-8-9-10-11-12-13-14-15-17-20-18-16-19-21(22)23-20/h20H,2-19H2,1H3. The first-order valence-corrected chi connectivity index (χ1v) is 10.5. The van der Waals surface area contributed by atoms with Crippen molar-refractivity contribution in [2.75, 3.05) is 0 Å². The first-order chi connectivity index (χ1) is 11.3. The van der Waals surface area contributed by atoms with Crippen molar-refractivity contribution in [3.05, 3.63) is 0 Å². The number of unbranched alkanes of at least 4 members (excludes halogenated alkanes) is 13. The van der Waals surface area contributed by atoms with Crippen LogP contribution in [-0.2, 0) is 9.53 Å². The summed E-state index contributed by atoms with van der Waals surface area (Å²) in [5, 5.41) is 0. The highest BCUT2D eigenvalue weighted by Crippen LogP contribution is 2.20. The molecule has 0 aromatic carbocycles. The third-order valence-corrected chi connectivity index (χ3v) is 5.08. The zero-order chi connectivity index (χ0) is 16.6. The van der Waals surface area contributed by atoms with Crippen LogP contribution in [0.5, 0.6) is 0 Å². The molecule has 1 rings (SSSR count). The molecule has 1 aliphatic heterocycles. The van der Waals surface area contributed by atoms with Gasteiger partial charge in [0.1, 0.15) is 6.10 Å². The predicted octanol–water partition coefficient (Wildman–Crippen LogP) is 6.95. The summed E-state index contributed by atoms with van der Waals surface area (Å²) >= 11 is 0. The number of ether oxygens (including phenoxy) is 1. The molecule has 0 spiro atoms. The van der Waals surface area contributed by atoms with Crippen LogP contribution in [0.3, 0.4) is 0 Å². The van der Waals surface area contributed by atoms with Gasteiger partial charge in [0.2, 0.25) is 0 Å². The molecule has 1 aliphatic rings. The summed E-state index contributed by atoms with van der Waals surface area (Å²) in [5.74, 6) is 0.0200. The van der Waals surface area contributed by atoms with E-state index < -0.39 is 0 Å². The zero-order valence-corrected chi connectivity index (χ0v) is 15.6. The Morgan fingerprint density at radius 1 is 0.783 bits per heavy atom. The van der Waals surface area contributed by atoms with Gasteiger partial charge in [0.05, 0.1) is 0 Å². The summed E-state index contributed by atoms with van der Waals surface area (Å²) in [6.45, 7) is 2.28. The molecular weight excluding hydrogens is 284 g/mol. The zero-order valence-electron chi connectivity index (χ0n) is 15.6. The van der Waals surface area contributed by atoms with Crippen molar-refractivity contribution in [1.29, 1.82) is 0 Å². The van der Waals surface area contributed by atoms with Crippen LogP contribution in [0.15, 0.2) is 0 Å². The lowest BCUT2D eigenvalue weighted by atomic mass is 10.0.